The molecule has 2 N–H and O–H groups in total. The summed E-state index contributed by atoms with van der Waals surface area (Å²) in [4.78, 5) is 13.4. The molecule has 1 atom stereocenters. The van der Waals surface area contributed by atoms with E-state index in [9.17, 15) is 4.79 Å². The maximum Gasteiger partial charge on any atom is 0.323 e. The molecule has 0 saturated carbocycles. The molecule has 4 nitrogen and oxygen atoms in total. The van der Waals surface area contributed by atoms with Crippen LogP contribution in [0.3, 0.4) is 0 Å². The molecule has 0 aromatic heterocycles. The lowest BCUT2D eigenvalue weighted by molar-refractivity contribution is 0.150. The molecule has 15 heavy (non-hydrogen) atoms. The van der Waals surface area contributed by atoms with Gasteiger partial charge in [-0.2, -0.15) is 0 Å². The zero-order valence-corrected chi connectivity index (χ0v) is 9.63. The molecule has 1 heterocycles. The summed E-state index contributed by atoms with van der Waals surface area (Å²) in [5.74, 6) is 0.528. The molecule has 0 aliphatic carbocycles. The molecule has 2 amide bonds. The largest absolute Gasteiger partial charge is 0.323 e. The minimum absolute atomic E-state index is 0.185. The molecular formula is C11H19N3O. The van der Waals surface area contributed by atoms with Crippen molar-refractivity contribution in [3.8, 4) is 0 Å². The number of urea groups is 1. The number of amidine groups is 1. The van der Waals surface area contributed by atoms with E-state index in [1.54, 1.807) is 11.0 Å². The Bertz CT molecular complexity index is 298. The van der Waals surface area contributed by atoms with E-state index in [-0.39, 0.29) is 11.9 Å². The van der Waals surface area contributed by atoms with Gasteiger partial charge in [-0.05, 0) is 12.3 Å². The average Bonchev–Trinajstić information content (AvgIpc) is 2.40. The molecule has 1 saturated heterocycles. The highest BCUT2D eigenvalue weighted by molar-refractivity contribution is 6.08. The highest BCUT2D eigenvalue weighted by Gasteiger charge is 2.50. The van der Waals surface area contributed by atoms with Crippen molar-refractivity contribution in [2.24, 2.45) is 5.92 Å². The topological polar surface area (TPSA) is 56.2 Å². The van der Waals surface area contributed by atoms with E-state index in [2.05, 4.69) is 11.9 Å². The van der Waals surface area contributed by atoms with Crippen LogP contribution in [0.15, 0.2) is 12.7 Å². The molecule has 1 fully saturated rings. The summed E-state index contributed by atoms with van der Waals surface area (Å²) in [5.41, 5.74) is -0.481. The fourth-order valence-electron chi connectivity index (χ4n) is 2.35. The van der Waals surface area contributed by atoms with Gasteiger partial charge in [0.15, 0.2) is 0 Å². The summed E-state index contributed by atoms with van der Waals surface area (Å²) >= 11 is 0. The number of nitrogens with one attached hydrogen (secondary N) is 2. The molecule has 84 valence electrons. The predicted octanol–water partition coefficient (Wildman–Crippen LogP) is 1.98. The molecule has 1 aliphatic rings. The fraction of sp³-hybridized carbons (Fsp3) is 0.636. The maximum absolute atomic E-state index is 11.7. The fourth-order valence-corrected chi connectivity index (χ4v) is 2.35. The lowest BCUT2D eigenvalue weighted by atomic mass is 9.82. The second-order valence-electron chi connectivity index (χ2n) is 4.14. The Balaban J connectivity index is 3.14. The number of carbonyl (C=O) groups is 1. The summed E-state index contributed by atoms with van der Waals surface area (Å²) in [7, 11) is 0. The van der Waals surface area contributed by atoms with Gasteiger partial charge in [0.25, 0.3) is 0 Å². The Morgan fingerprint density at radius 3 is 2.67 bits per heavy atom. The monoisotopic (exact) mass is 209 g/mol. The van der Waals surface area contributed by atoms with E-state index in [1.807, 2.05) is 20.8 Å². The van der Waals surface area contributed by atoms with Gasteiger partial charge in [-0.1, -0.05) is 26.8 Å². The molecule has 0 spiro atoms. The quantitative estimate of drug-likeness (QED) is 0.683. The first-order valence-corrected chi connectivity index (χ1v) is 5.29. The lowest BCUT2D eigenvalue weighted by Gasteiger charge is -2.38. The van der Waals surface area contributed by atoms with Crippen LogP contribution >= 0.6 is 0 Å². The summed E-state index contributed by atoms with van der Waals surface area (Å²) in [6.45, 7) is 10.2. The number of hydrogen-bond donors (Lipinski definition) is 2. The SMILES string of the molecule is C=CCN1C(=O)NC(=N)C1(CC)C(C)C. The Morgan fingerprint density at radius 1 is 1.67 bits per heavy atom. The van der Waals surface area contributed by atoms with Crippen molar-refractivity contribution >= 4 is 11.9 Å². The highest BCUT2D eigenvalue weighted by atomic mass is 16.2. The van der Waals surface area contributed by atoms with Crippen molar-refractivity contribution in [1.82, 2.24) is 10.2 Å². The van der Waals surface area contributed by atoms with Crippen molar-refractivity contribution < 1.29 is 4.79 Å². The van der Waals surface area contributed by atoms with E-state index in [0.717, 1.165) is 6.42 Å². The van der Waals surface area contributed by atoms with E-state index >= 15 is 0 Å². The zero-order valence-electron chi connectivity index (χ0n) is 9.63. The van der Waals surface area contributed by atoms with Gasteiger partial charge in [-0.15, -0.1) is 6.58 Å². The second-order valence-corrected chi connectivity index (χ2v) is 4.14. The number of rotatable bonds is 4. The third kappa shape index (κ3) is 1.54. The molecule has 1 aliphatic heterocycles. The van der Waals surface area contributed by atoms with Crippen LogP contribution in [0.5, 0.6) is 0 Å². The minimum Gasteiger partial charge on any atom is -0.308 e. The average molecular weight is 209 g/mol. The molecule has 0 bridgehead atoms. The van der Waals surface area contributed by atoms with Crippen molar-refractivity contribution in [2.75, 3.05) is 6.54 Å². The summed E-state index contributed by atoms with van der Waals surface area (Å²) < 4.78 is 0. The number of hydrogen-bond acceptors (Lipinski definition) is 2. The van der Waals surface area contributed by atoms with Crippen LogP contribution in [0.25, 0.3) is 0 Å². The Kier molecular flexibility index (Phi) is 3.17. The molecule has 0 aromatic rings. The number of nitrogens with zero attached hydrogens (tertiary/aromatic N) is 1. The number of carbonyl (C=O) groups excluding carboxylic acids is 1. The highest BCUT2D eigenvalue weighted by Crippen LogP contribution is 2.33. The van der Waals surface area contributed by atoms with Gasteiger partial charge in [-0.25, -0.2) is 4.79 Å². The zero-order chi connectivity index (χ0) is 11.6. The van der Waals surface area contributed by atoms with Crippen molar-refractivity contribution in [2.45, 2.75) is 32.7 Å². The third-order valence-corrected chi connectivity index (χ3v) is 3.20. The van der Waals surface area contributed by atoms with Gasteiger partial charge in [0.2, 0.25) is 0 Å². The van der Waals surface area contributed by atoms with Gasteiger partial charge in [-0.3, -0.25) is 10.7 Å². The molecule has 1 rings (SSSR count). The lowest BCUT2D eigenvalue weighted by Crippen LogP contribution is -2.53. The van der Waals surface area contributed by atoms with Gasteiger partial charge >= 0.3 is 6.03 Å². The van der Waals surface area contributed by atoms with Crippen LogP contribution < -0.4 is 5.32 Å². The standard InChI is InChI=1S/C11H19N3O/c1-5-7-14-10(15)13-9(12)11(14,6-2)8(3)4/h5,8H,1,6-7H2,2-4H3,(H2,12,13,15). The predicted molar refractivity (Wildman–Crippen MR) is 61.0 cm³/mol. The summed E-state index contributed by atoms with van der Waals surface area (Å²) in [6, 6.07) is -0.185. The third-order valence-electron chi connectivity index (χ3n) is 3.20. The van der Waals surface area contributed by atoms with Crippen LogP contribution in [0.1, 0.15) is 27.2 Å². The number of amides is 2. The van der Waals surface area contributed by atoms with Gasteiger partial charge < -0.3 is 4.90 Å². The van der Waals surface area contributed by atoms with Crippen molar-refractivity contribution in [1.29, 1.82) is 5.41 Å². The molecule has 4 heteroatoms. The van der Waals surface area contributed by atoms with Crippen LogP contribution in [0.4, 0.5) is 4.79 Å². The Morgan fingerprint density at radius 2 is 2.27 bits per heavy atom. The van der Waals surface area contributed by atoms with Crippen molar-refractivity contribution in [3.05, 3.63) is 12.7 Å². The van der Waals surface area contributed by atoms with Crippen molar-refractivity contribution in [3.63, 3.8) is 0 Å². The van der Waals surface area contributed by atoms with Crippen LogP contribution in [0, 0.1) is 11.3 Å². The maximum atomic E-state index is 11.7. The second kappa shape index (κ2) is 4.04. The van der Waals surface area contributed by atoms with Gasteiger partial charge in [0.05, 0.1) is 0 Å². The van der Waals surface area contributed by atoms with Crippen LogP contribution in [0.2, 0.25) is 0 Å². The van der Waals surface area contributed by atoms with E-state index < -0.39 is 5.54 Å². The summed E-state index contributed by atoms with van der Waals surface area (Å²) in [6.07, 6.45) is 2.45. The molecule has 0 radical (unpaired) electrons. The van der Waals surface area contributed by atoms with Crippen LogP contribution in [-0.4, -0.2) is 28.9 Å². The molecule has 1 unspecified atom stereocenters. The molecular weight excluding hydrogens is 190 g/mol. The normalized spacial score (nSPS) is 26.0. The first kappa shape index (κ1) is 11.8. The molecule has 0 aromatic carbocycles. The first-order chi connectivity index (χ1) is 7.00. The van der Waals surface area contributed by atoms with Gasteiger partial charge in [0.1, 0.15) is 11.4 Å². The minimum atomic E-state index is -0.481. The first-order valence-electron chi connectivity index (χ1n) is 5.29. The smallest absolute Gasteiger partial charge is 0.308 e. The van der Waals surface area contributed by atoms with E-state index in [1.165, 1.54) is 0 Å². The Labute approximate surface area is 90.8 Å². The van der Waals surface area contributed by atoms with Gasteiger partial charge in [0, 0.05) is 6.54 Å². The summed E-state index contributed by atoms with van der Waals surface area (Å²) in [5, 5.41) is 10.5. The van der Waals surface area contributed by atoms with E-state index in [4.69, 9.17) is 5.41 Å². The van der Waals surface area contributed by atoms with Crippen LogP contribution in [-0.2, 0) is 0 Å². The van der Waals surface area contributed by atoms with E-state index in [0.29, 0.717) is 12.4 Å². The Hall–Kier alpha value is -1.32.